The van der Waals surface area contributed by atoms with E-state index in [4.69, 9.17) is 0 Å². The first-order chi connectivity index (χ1) is 11.6. The van der Waals surface area contributed by atoms with E-state index in [1.54, 1.807) is 18.2 Å². The van der Waals surface area contributed by atoms with Gasteiger partial charge in [0.2, 0.25) is 5.91 Å². The smallest absolute Gasteiger partial charge is 0.244 e. The second-order valence-electron chi connectivity index (χ2n) is 6.05. The number of halogens is 1. The molecule has 1 aliphatic heterocycles. The molecule has 4 heteroatoms. The summed E-state index contributed by atoms with van der Waals surface area (Å²) in [7, 11) is 0. The summed E-state index contributed by atoms with van der Waals surface area (Å²) in [5.74, 6) is -0.473. The minimum absolute atomic E-state index is 0.167. The highest BCUT2D eigenvalue weighted by Crippen LogP contribution is 2.31. The van der Waals surface area contributed by atoms with Gasteiger partial charge in [-0.15, -0.1) is 0 Å². The summed E-state index contributed by atoms with van der Waals surface area (Å²) in [5.41, 5.74) is 3.30. The van der Waals surface area contributed by atoms with Crippen LogP contribution in [0.1, 0.15) is 18.1 Å². The summed E-state index contributed by atoms with van der Waals surface area (Å²) in [6.07, 6.45) is 4.10. The predicted octanol–water partition coefficient (Wildman–Crippen LogP) is 3.41. The highest BCUT2D eigenvalue weighted by molar-refractivity contribution is 5.91. The molecular formula is C20H21FN2O. The third-order valence-electron chi connectivity index (χ3n) is 4.28. The van der Waals surface area contributed by atoms with Crippen LogP contribution < -0.4 is 10.2 Å². The summed E-state index contributed by atoms with van der Waals surface area (Å²) in [5, 5.41) is 2.88. The monoisotopic (exact) mass is 324 g/mol. The lowest BCUT2D eigenvalue weighted by Gasteiger charge is -2.24. The molecule has 1 aliphatic rings. The van der Waals surface area contributed by atoms with Crippen LogP contribution in [0.3, 0.4) is 0 Å². The number of rotatable bonds is 5. The highest BCUT2D eigenvalue weighted by atomic mass is 19.1. The molecule has 0 aliphatic carbocycles. The molecule has 1 N–H and O–H groups in total. The minimum Gasteiger partial charge on any atom is -0.367 e. The number of nitrogens with one attached hydrogen (secondary N) is 1. The molecule has 2 aromatic carbocycles. The van der Waals surface area contributed by atoms with Gasteiger partial charge in [0.15, 0.2) is 0 Å². The van der Waals surface area contributed by atoms with E-state index in [0.717, 1.165) is 13.0 Å². The molecule has 1 heterocycles. The molecule has 2 aromatic rings. The summed E-state index contributed by atoms with van der Waals surface area (Å²) in [6.45, 7) is 3.55. The summed E-state index contributed by atoms with van der Waals surface area (Å²) < 4.78 is 13.1. The van der Waals surface area contributed by atoms with Crippen LogP contribution in [0, 0.1) is 5.82 Å². The van der Waals surface area contributed by atoms with Crippen LogP contribution in [0.2, 0.25) is 0 Å². The Kier molecular flexibility index (Phi) is 4.94. The van der Waals surface area contributed by atoms with Gasteiger partial charge in [-0.05, 0) is 48.7 Å². The molecule has 3 rings (SSSR count). The topological polar surface area (TPSA) is 32.3 Å². The average Bonchev–Trinajstić information content (AvgIpc) is 2.89. The maximum Gasteiger partial charge on any atom is 0.244 e. The third-order valence-corrected chi connectivity index (χ3v) is 4.28. The Morgan fingerprint density at radius 2 is 2.12 bits per heavy atom. The Hall–Kier alpha value is -2.62. The van der Waals surface area contributed by atoms with Gasteiger partial charge in [-0.25, -0.2) is 4.39 Å². The molecule has 1 atom stereocenters. The number of carbonyl (C=O) groups is 1. The lowest BCUT2D eigenvalue weighted by Crippen LogP contribution is -2.37. The Balaban J connectivity index is 1.51. The van der Waals surface area contributed by atoms with Gasteiger partial charge in [-0.1, -0.05) is 30.3 Å². The molecule has 1 unspecified atom stereocenters. The molecule has 0 aromatic heterocycles. The Bertz CT molecular complexity index is 757. The first-order valence-electron chi connectivity index (χ1n) is 8.19. The summed E-state index contributed by atoms with van der Waals surface area (Å²) in [4.78, 5) is 14.2. The maximum absolute atomic E-state index is 13.1. The zero-order valence-corrected chi connectivity index (χ0v) is 13.7. The van der Waals surface area contributed by atoms with E-state index in [1.165, 1.54) is 29.5 Å². The van der Waals surface area contributed by atoms with Crippen molar-refractivity contribution in [1.82, 2.24) is 5.32 Å². The van der Waals surface area contributed by atoms with Crippen LogP contribution in [0.4, 0.5) is 10.1 Å². The number of nitrogens with zero attached hydrogens (tertiary/aromatic N) is 1. The summed E-state index contributed by atoms with van der Waals surface area (Å²) >= 11 is 0. The van der Waals surface area contributed by atoms with E-state index in [0.29, 0.717) is 18.2 Å². The van der Waals surface area contributed by atoms with Crippen molar-refractivity contribution in [1.29, 1.82) is 0 Å². The van der Waals surface area contributed by atoms with Crippen LogP contribution in [-0.2, 0) is 11.2 Å². The minimum atomic E-state index is -0.306. The van der Waals surface area contributed by atoms with Crippen LogP contribution in [-0.4, -0.2) is 25.0 Å². The predicted molar refractivity (Wildman–Crippen MR) is 95.4 cm³/mol. The van der Waals surface area contributed by atoms with Gasteiger partial charge in [0.25, 0.3) is 0 Å². The first-order valence-corrected chi connectivity index (χ1v) is 8.19. The normalized spacial score (nSPS) is 16.4. The molecule has 0 spiro atoms. The molecule has 0 saturated heterocycles. The van der Waals surface area contributed by atoms with Crippen molar-refractivity contribution >= 4 is 17.7 Å². The maximum atomic E-state index is 13.1. The van der Waals surface area contributed by atoms with Crippen LogP contribution in [0.25, 0.3) is 6.08 Å². The van der Waals surface area contributed by atoms with Crippen LogP contribution in [0.5, 0.6) is 0 Å². The zero-order valence-electron chi connectivity index (χ0n) is 13.7. The molecule has 24 heavy (non-hydrogen) atoms. The van der Waals surface area contributed by atoms with Crippen molar-refractivity contribution in [2.75, 3.05) is 18.0 Å². The van der Waals surface area contributed by atoms with Crippen LogP contribution >= 0.6 is 0 Å². The van der Waals surface area contributed by atoms with E-state index < -0.39 is 0 Å². The Morgan fingerprint density at radius 3 is 2.96 bits per heavy atom. The van der Waals surface area contributed by atoms with Gasteiger partial charge in [0.05, 0.1) is 0 Å². The van der Waals surface area contributed by atoms with Gasteiger partial charge in [-0.3, -0.25) is 4.79 Å². The highest BCUT2D eigenvalue weighted by Gasteiger charge is 2.24. The Labute approximate surface area is 141 Å². The second-order valence-corrected chi connectivity index (χ2v) is 6.05. The number of para-hydroxylation sites is 1. The SMILES string of the molecule is CC1Cc2ccccc2N1CCNC(=O)/C=C/c1cccc(F)c1. The molecule has 124 valence electrons. The standard InChI is InChI=1S/C20H21FN2O/c1-15-13-17-6-2-3-8-19(17)23(15)12-11-22-20(24)10-9-16-5-4-7-18(21)14-16/h2-10,14-15H,11-13H2,1H3,(H,22,24)/b10-9+. The average molecular weight is 324 g/mol. The molecule has 0 saturated carbocycles. The fourth-order valence-corrected chi connectivity index (χ4v) is 3.11. The molecular weight excluding hydrogens is 303 g/mol. The molecule has 0 fully saturated rings. The number of amides is 1. The summed E-state index contributed by atoms with van der Waals surface area (Å²) in [6, 6.07) is 15.0. The van der Waals surface area contributed by atoms with Crippen LogP contribution in [0.15, 0.2) is 54.6 Å². The fraction of sp³-hybridized carbons (Fsp3) is 0.250. The van der Waals surface area contributed by atoms with E-state index in [1.807, 2.05) is 6.07 Å². The third kappa shape index (κ3) is 3.82. The number of hydrogen-bond donors (Lipinski definition) is 1. The van der Waals surface area contributed by atoms with Gasteiger partial charge in [-0.2, -0.15) is 0 Å². The number of carbonyl (C=O) groups excluding carboxylic acids is 1. The van der Waals surface area contributed by atoms with E-state index >= 15 is 0 Å². The van der Waals surface area contributed by atoms with Gasteiger partial charge in [0, 0.05) is 30.9 Å². The van der Waals surface area contributed by atoms with Gasteiger partial charge >= 0.3 is 0 Å². The fourth-order valence-electron chi connectivity index (χ4n) is 3.11. The molecule has 0 bridgehead atoms. The number of fused-ring (bicyclic) bond motifs is 1. The van der Waals surface area contributed by atoms with Crippen molar-refractivity contribution in [3.8, 4) is 0 Å². The van der Waals surface area contributed by atoms with Gasteiger partial charge in [0.1, 0.15) is 5.82 Å². The molecule has 0 radical (unpaired) electrons. The lowest BCUT2D eigenvalue weighted by atomic mass is 10.1. The van der Waals surface area contributed by atoms with Crippen molar-refractivity contribution in [3.63, 3.8) is 0 Å². The molecule has 3 nitrogen and oxygen atoms in total. The zero-order chi connectivity index (χ0) is 16.9. The lowest BCUT2D eigenvalue weighted by molar-refractivity contribution is -0.116. The van der Waals surface area contributed by atoms with Crippen molar-refractivity contribution in [2.45, 2.75) is 19.4 Å². The van der Waals surface area contributed by atoms with Gasteiger partial charge < -0.3 is 10.2 Å². The van der Waals surface area contributed by atoms with Crippen molar-refractivity contribution in [2.24, 2.45) is 0 Å². The number of hydrogen-bond acceptors (Lipinski definition) is 2. The van der Waals surface area contributed by atoms with E-state index in [-0.39, 0.29) is 11.7 Å². The van der Waals surface area contributed by atoms with Crippen molar-refractivity contribution < 1.29 is 9.18 Å². The van der Waals surface area contributed by atoms with E-state index in [2.05, 4.69) is 35.3 Å². The Morgan fingerprint density at radius 1 is 1.29 bits per heavy atom. The first kappa shape index (κ1) is 16.2. The largest absolute Gasteiger partial charge is 0.367 e. The van der Waals surface area contributed by atoms with Crippen molar-refractivity contribution in [3.05, 3.63) is 71.6 Å². The second kappa shape index (κ2) is 7.30. The molecule has 1 amide bonds. The number of anilines is 1. The van der Waals surface area contributed by atoms with E-state index in [9.17, 15) is 9.18 Å². The number of benzene rings is 2. The quantitative estimate of drug-likeness (QED) is 0.855.